The molecule has 1 aliphatic heterocycles. The minimum absolute atomic E-state index is 0.316. The Morgan fingerprint density at radius 2 is 1.71 bits per heavy atom. The first-order chi connectivity index (χ1) is 11.4. The molecule has 5 heteroatoms. The van der Waals surface area contributed by atoms with Crippen LogP contribution in [0.25, 0.3) is 5.57 Å². The molecule has 24 heavy (non-hydrogen) atoms. The Morgan fingerprint density at radius 1 is 1.04 bits per heavy atom. The highest BCUT2D eigenvalue weighted by molar-refractivity contribution is 8.19. The number of allylic oxidation sites excluding steroid dienone is 1. The standard InChI is InChI=1S/C19H16FNO2S/c1-11-4-9-16(12(2)10-11)21-18(22)17(24-19(21)23)13(3)14-5-7-15(20)8-6-14/h4-10H,1-3H3/b17-13-. The molecule has 1 fully saturated rings. The van der Waals surface area contributed by atoms with Crippen LogP contribution in [0, 0.1) is 19.7 Å². The number of anilines is 1. The van der Waals surface area contributed by atoms with E-state index in [1.807, 2.05) is 26.0 Å². The Morgan fingerprint density at radius 3 is 2.33 bits per heavy atom. The highest BCUT2D eigenvalue weighted by Crippen LogP contribution is 2.39. The van der Waals surface area contributed by atoms with Crippen LogP contribution in [-0.2, 0) is 4.79 Å². The molecule has 2 amide bonds. The van der Waals surface area contributed by atoms with Gasteiger partial charge in [-0.25, -0.2) is 9.29 Å². The third-order valence-corrected chi connectivity index (χ3v) is 5.02. The number of imide groups is 1. The van der Waals surface area contributed by atoms with E-state index in [4.69, 9.17) is 0 Å². The summed E-state index contributed by atoms with van der Waals surface area (Å²) in [5.74, 6) is -0.672. The van der Waals surface area contributed by atoms with E-state index in [0.717, 1.165) is 28.5 Å². The maximum absolute atomic E-state index is 13.1. The lowest BCUT2D eigenvalue weighted by atomic mass is 10.1. The maximum atomic E-state index is 13.1. The van der Waals surface area contributed by atoms with E-state index in [2.05, 4.69) is 0 Å². The SMILES string of the molecule is C/C(=C1/SC(=O)N(c2ccc(C)cc2C)C1=O)c1ccc(F)cc1. The number of hydrogen-bond donors (Lipinski definition) is 0. The van der Waals surface area contributed by atoms with Gasteiger partial charge >= 0.3 is 0 Å². The van der Waals surface area contributed by atoms with E-state index >= 15 is 0 Å². The molecule has 1 saturated heterocycles. The van der Waals surface area contributed by atoms with Crippen LogP contribution in [0.2, 0.25) is 0 Å². The van der Waals surface area contributed by atoms with Gasteiger partial charge < -0.3 is 0 Å². The third kappa shape index (κ3) is 2.87. The van der Waals surface area contributed by atoms with E-state index in [1.54, 1.807) is 25.1 Å². The van der Waals surface area contributed by atoms with Crippen molar-refractivity contribution >= 4 is 34.2 Å². The van der Waals surface area contributed by atoms with E-state index in [9.17, 15) is 14.0 Å². The Labute approximate surface area is 144 Å². The zero-order valence-corrected chi connectivity index (χ0v) is 14.4. The van der Waals surface area contributed by atoms with Gasteiger partial charge in [0.1, 0.15) is 5.82 Å². The summed E-state index contributed by atoms with van der Waals surface area (Å²) in [6.07, 6.45) is 0. The highest BCUT2D eigenvalue weighted by atomic mass is 32.2. The molecule has 0 N–H and O–H groups in total. The number of hydrogen-bond acceptors (Lipinski definition) is 3. The number of carbonyl (C=O) groups excluding carboxylic acids is 2. The molecule has 0 aromatic heterocycles. The van der Waals surface area contributed by atoms with Crippen LogP contribution in [-0.4, -0.2) is 11.1 Å². The van der Waals surface area contributed by atoms with Crippen LogP contribution in [0.15, 0.2) is 47.4 Å². The van der Waals surface area contributed by atoms with Crippen LogP contribution in [0.4, 0.5) is 14.9 Å². The second-order valence-corrected chi connectivity index (χ2v) is 6.72. The maximum Gasteiger partial charge on any atom is 0.298 e. The van der Waals surface area contributed by atoms with Gasteiger partial charge in [-0.1, -0.05) is 29.8 Å². The van der Waals surface area contributed by atoms with Crippen molar-refractivity contribution < 1.29 is 14.0 Å². The van der Waals surface area contributed by atoms with Gasteiger partial charge in [0.05, 0.1) is 10.6 Å². The summed E-state index contributed by atoms with van der Waals surface area (Å²) in [7, 11) is 0. The van der Waals surface area contributed by atoms with Crippen LogP contribution >= 0.6 is 11.8 Å². The normalized spacial score (nSPS) is 16.8. The Balaban J connectivity index is 2.02. The fourth-order valence-electron chi connectivity index (χ4n) is 2.69. The fourth-order valence-corrected chi connectivity index (χ4v) is 3.59. The first-order valence-electron chi connectivity index (χ1n) is 7.49. The molecule has 122 valence electrons. The van der Waals surface area contributed by atoms with Crippen LogP contribution < -0.4 is 4.90 Å². The molecule has 0 aliphatic carbocycles. The van der Waals surface area contributed by atoms with Crippen molar-refractivity contribution in [3.8, 4) is 0 Å². The van der Waals surface area contributed by atoms with Crippen molar-refractivity contribution in [1.29, 1.82) is 0 Å². The number of nitrogens with zero attached hydrogens (tertiary/aromatic N) is 1. The predicted molar refractivity (Wildman–Crippen MR) is 95.4 cm³/mol. The first kappa shape index (κ1) is 16.5. The number of benzene rings is 2. The van der Waals surface area contributed by atoms with Crippen LogP contribution in [0.3, 0.4) is 0 Å². The van der Waals surface area contributed by atoms with Crippen molar-refractivity contribution in [2.45, 2.75) is 20.8 Å². The lowest BCUT2D eigenvalue weighted by molar-refractivity contribution is -0.113. The second kappa shape index (κ2) is 6.24. The first-order valence-corrected chi connectivity index (χ1v) is 8.30. The Kier molecular flexibility index (Phi) is 4.28. The third-order valence-electron chi connectivity index (χ3n) is 3.98. The Hall–Kier alpha value is -2.40. The van der Waals surface area contributed by atoms with Gasteiger partial charge in [-0.05, 0) is 67.4 Å². The molecule has 2 aromatic carbocycles. The van der Waals surface area contributed by atoms with Gasteiger partial charge in [0.25, 0.3) is 11.1 Å². The summed E-state index contributed by atoms with van der Waals surface area (Å²) in [5, 5.41) is -0.316. The van der Waals surface area contributed by atoms with E-state index in [0.29, 0.717) is 16.2 Å². The molecule has 0 saturated carbocycles. The zero-order valence-electron chi connectivity index (χ0n) is 13.6. The van der Waals surface area contributed by atoms with Crippen molar-refractivity contribution in [1.82, 2.24) is 0 Å². The number of amides is 2. The van der Waals surface area contributed by atoms with Crippen molar-refractivity contribution in [2.24, 2.45) is 0 Å². The number of rotatable bonds is 2. The van der Waals surface area contributed by atoms with Crippen molar-refractivity contribution in [3.63, 3.8) is 0 Å². The molecule has 0 unspecified atom stereocenters. The Bertz CT molecular complexity index is 871. The molecule has 1 heterocycles. The van der Waals surface area contributed by atoms with Gasteiger partial charge in [-0.15, -0.1) is 0 Å². The average Bonchev–Trinajstić information content (AvgIpc) is 2.83. The highest BCUT2D eigenvalue weighted by Gasteiger charge is 2.38. The summed E-state index contributed by atoms with van der Waals surface area (Å²) >= 11 is 0.920. The predicted octanol–water partition coefficient (Wildman–Crippen LogP) is 5.07. The largest absolute Gasteiger partial charge is 0.298 e. The summed E-state index contributed by atoms with van der Waals surface area (Å²) in [5.41, 5.74) is 3.94. The molecule has 0 bridgehead atoms. The van der Waals surface area contributed by atoms with Gasteiger partial charge in [0.15, 0.2) is 0 Å². The second-order valence-electron chi connectivity index (χ2n) is 5.76. The van der Waals surface area contributed by atoms with Crippen LogP contribution in [0.1, 0.15) is 23.6 Å². The van der Waals surface area contributed by atoms with E-state index in [1.165, 1.54) is 17.0 Å². The van der Waals surface area contributed by atoms with Crippen LogP contribution in [0.5, 0.6) is 0 Å². The topological polar surface area (TPSA) is 37.4 Å². The molecule has 0 radical (unpaired) electrons. The van der Waals surface area contributed by atoms with Gasteiger partial charge in [0, 0.05) is 0 Å². The molecule has 0 atom stereocenters. The quantitative estimate of drug-likeness (QED) is 0.715. The van der Waals surface area contributed by atoms with Gasteiger partial charge in [0.2, 0.25) is 0 Å². The molecule has 2 aromatic rings. The minimum Gasteiger partial charge on any atom is -0.268 e. The smallest absolute Gasteiger partial charge is 0.268 e. The van der Waals surface area contributed by atoms with Crippen molar-refractivity contribution in [3.05, 3.63) is 69.9 Å². The van der Waals surface area contributed by atoms with E-state index < -0.39 is 0 Å². The molecule has 3 rings (SSSR count). The number of carbonyl (C=O) groups is 2. The molecule has 3 nitrogen and oxygen atoms in total. The lowest BCUT2D eigenvalue weighted by Gasteiger charge is -2.16. The lowest BCUT2D eigenvalue weighted by Crippen LogP contribution is -2.28. The van der Waals surface area contributed by atoms with Gasteiger partial charge in [-0.2, -0.15) is 0 Å². The number of thioether (sulfide) groups is 1. The summed E-state index contributed by atoms with van der Waals surface area (Å²) in [6.45, 7) is 5.61. The molecule has 1 aliphatic rings. The molecular weight excluding hydrogens is 325 g/mol. The summed E-state index contributed by atoms with van der Waals surface area (Å²) in [6, 6.07) is 11.5. The summed E-state index contributed by atoms with van der Waals surface area (Å²) < 4.78 is 13.1. The number of halogens is 1. The van der Waals surface area contributed by atoms with Gasteiger partial charge in [-0.3, -0.25) is 9.59 Å². The van der Waals surface area contributed by atoms with Crippen molar-refractivity contribution in [2.75, 3.05) is 4.90 Å². The monoisotopic (exact) mass is 341 g/mol. The number of aryl methyl sites for hydroxylation is 2. The minimum atomic E-state index is -0.338. The zero-order chi connectivity index (χ0) is 17.4. The fraction of sp³-hybridized carbons (Fsp3) is 0.158. The summed E-state index contributed by atoms with van der Waals surface area (Å²) in [4.78, 5) is 26.8. The molecule has 0 spiro atoms. The average molecular weight is 341 g/mol. The molecular formula is C19H16FNO2S. The van der Waals surface area contributed by atoms with E-state index in [-0.39, 0.29) is 17.0 Å².